The molecule has 1 aliphatic rings. The predicted molar refractivity (Wildman–Crippen MR) is 48.8 cm³/mol. The van der Waals surface area contributed by atoms with Crippen molar-refractivity contribution in [3.8, 4) is 0 Å². The van der Waals surface area contributed by atoms with Gasteiger partial charge in [0.2, 0.25) is 5.92 Å². The molecule has 0 bridgehead atoms. The van der Waals surface area contributed by atoms with Crippen LogP contribution in [-0.2, 0) is 0 Å². The van der Waals surface area contributed by atoms with Crippen LogP contribution >= 0.6 is 0 Å². The average Bonchev–Trinajstić information content (AvgIpc) is 1.94. The molecular weight excluding hydrogens is 174 g/mol. The number of nitrogens with two attached hydrogens (primary N) is 1. The van der Waals surface area contributed by atoms with Crippen LogP contribution in [0.1, 0.15) is 19.8 Å². The Bertz CT molecular complexity index is 167. The van der Waals surface area contributed by atoms with Gasteiger partial charge in [-0.2, -0.15) is 0 Å². The highest BCUT2D eigenvalue weighted by Gasteiger charge is 2.33. The summed E-state index contributed by atoms with van der Waals surface area (Å²) in [6.45, 7) is 2.59. The van der Waals surface area contributed by atoms with Gasteiger partial charge < -0.3 is 10.6 Å². The lowest BCUT2D eigenvalue weighted by molar-refractivity contribution is -0.0173. The molecule has 0 radical (unpaired) electrons. The van der Waals surface area contributed by atoms with Crippen LogP contribution in [0.25, 0.3) is 0 Å². The predicted octanol–water partition coefficient (Wildman–Crippen LogP) is 1.31. The standard InChI is InChI=1S/C9H18F2N2/c1-9(10,11)5-7-6-13(2)4-3-8(7)12/h7-8H,3-6,12H2,1-2H3. The molecule has 0 amide bonds. The maximum Gasteiger partial charge on any atom is 0.245 e. The van der Waals surface area contributed by atoms with E-state index in [1.54, 1.807) is 0 Å². The van der Waals surface area contributed by atoms with Crippen LogP contribution in [-0.4, -0.2) is 37.0 Å². The van der Waals surface area contributed by atoms with Crippen LogP contribution in [0.15, 0.2) is 0 Å². The van der Waals surface area contributed by atoms with Crippen molar-refractivity contribution >= 4 is 0 Å². The number of piperidine rings is 1. The molecule has 2 unspecified atom stereocenters. The zero-order valence-electron chi connectivity index (χ0n) is 8.26. The minimum atomic E-state index is -2.58. The van der Waals surface area contributed by atoms with Crippen molar-refractivity contribution in [2.75, 3.05) is 20.1 Å². The maximum absolute atomic E-state index is 12.7. The highest BCUT2D eigenvalue weighted by molar-refractivity contribution is 4.84. The quantitative estimate of drug-likeness (QED) is 0.714. The minimum absolute atomic E-state index is 0.0537. The van der Waals surface area contributed by atoms with E-state index in [-0.39, 0.29) is 18.4 Å². The molecule has 1 saturated heterocycles. The van der Waals surface area contributed by atoms with Gasteiger partial charge in [-0.05, 0) is 32.9 Å². The summed E-state index contributed by atoms with van der Waals surface area (Å²) < 4.78 is 25.5. The van der Waals surface area contributed by atoms with Crippen LogP contribution in [0.4, 0.5) is 8.78 Å². The molecule has 1 heterocycles. The smallest absolute Gasteiger partial charge is 0.245 e. The Labute approximate surface area is 78.1 Å². The Morgan fingerprint density at radius 2 is 2.15 bits per heavy atom. The molecule has 1 fully saturated rings. The Morgan fingerprint density at radius 3 is 2.69 bits per heavy atom. The first-order chi connectivity index (χ1) is 5.88. The first-order valence-electron chi connectivity index (χ1n) is 4.70. The molecular formula is C9H18F2N2. The third-order valence-electron chi connectivity index (χ3n) is 2.62. The van der Waals surface area contributed by atoms with Gasteiger partial charge in [0.1, 0.15) is 0 Å². The molecule has 2 atom stereocenters. The highest BCUT2D eigenvalue weighted by Crippen LogP contribution is 2.27. The second-order valence-corrected chi connectivity index (χ2v) is 4.25. The summed E-state index contributed by atoms with van der Waals surface area (Å²) in [5.41, 5.74) is 5.79. The van der Waals surface area contributed by atoms with E-state index in [0.29, 0.717) is 6.54 Å². The van der Waals surface area contributed by atoms with Crippen LogP contribution in [0, 0.1) is 5.92 Å². The number of halogens is 2. The Hall–Kier alpha value is -0.220. The van der Waals surface area contributed by atoms with E-state index in [1.807, 2.05) is 7.05 Å². The zero-order valence-corrected chi connectivity index (χ0v) is 8.26. The van der Waals surface area contributed by atoms with Crippen molar-refractivity contribution in [2.24, 2.45) is 11.7 Å². The number of likely N-dealkylation sites (tertiary alicyclic amines) is 1. The molecule has 0 saturated carbocycles. The number of hydrogen-bond acceptors (Lipinski definition) is 2. The third kappa shape index (κ3) is 3.56. The van der Waals surface area contributed by atoms with Gasteiger partial charge >= 0.3 is 0 Å². The molecule has 1 rings (SSSR count). The molecule has 1 aliphatic heterocycles. The van der Waals surface area contributed by atoms with Crippen LogP contribution < -0.4 is 5.73 Å². The van der Waals surface area contributed by atoms with E-state index < -0.39 is 5.92 Å². The van der Waals surface area contributed by atoms with Crippen molar-refractivity contribution in [3.63, 3.8) is 0 Å². The number of hydrogen-bond donors (Lipinski definition) is 1. The van der Waals surface area contributed by atoms with E-state index in [4.69, 9.17) is 5.73 Å². The van der Waals surface area contributed by atoms with Gasteiger partial charge in [-0.3, -0.25) is 0 Å². The lowest BCUT2D eigenvalue weighted by Crippen LogP contribution is -2.47. The second-order valence-electron chi connectivity index (χ2n) is 4.25. The summed E-state index contributed by atoms with van der Waals surface area (Å²) in [5.74, 6) is -2.64. The number of nitrogens with zero attached hydrogens (tertiary/aromatic N) is 1. The van der Waals surface area contributed by atoms with E-state index in [9.17, 15) is 8.78 Å². The topological polar surface area (TPSA) is 29.3 Å². The molecule has 0 aromatic heterocycles. The fraction of sp³-hybridized carbons (Fsp3) is 1.00. The number of rotatable bonds is 2. The van der Waals surface area contributed by atoms with Gasteiger partial charge in [0.05, 0.1) is 0 Å². The third-order valence-corrected chi connectivity index (χ3v) is 2.62. The summed E-state index contributed by atoms with van der Waals surface area (Å²) >= 11 is 0. The van der Waals surface area contributed by atoms with Gasteiger partial charge in [-0.25, -0.2) is 8.78 Å². The van der Waals surface area contributed by atoms with Gasteiger partial charge in [0, 0.05) is 19.0 Å². The van der Waals surface area contributed by atoms with Gasteiger partial charge in [0.15, 0.2) is 0 Å². The van der Waals surface area contributed by atoms with Crippen molar-refractivity contribution < 1.29 is 8.78 Å². The summed E-state index contributed by atoms with van der Waals surface area (Å²) in [5, 5.41) is 0. The van der Waals surface area contributed by atoms with Crippen LogP contribution in [0.3, 0.4) is 0 Å². The molecule has 0 aromatic carbocycles. The second kappa shape index (κ2) is 3.88. The lowest BCUT2D eigenvalue weighted by atomic mass is 9.88. The Kier molecular flexibility index (Phi) is 3.24. The first kappa shape index (κ1) is 10.9. The molecule has 0 aliphatic carbocycles. The van der Waals surface area contributed by atoms with Crippen molar-refractivity contribution in [1.29, 1.82) is 0 Å². The Balaban J connectivity index is 2.47. The normalized spacial score (nSPS) is 32.1. The summed E-state index contributed by atoms with van der Waals surface area (Å²) in [7, 11) is 1.95. The van der Waals surface area contributed by atoms with Crippen molar-refractivity contribution in [1.82, 2.24) is 4.90 Å². The van der Waals surface area contributed by atoms with Gasteiger partial charge in [-0.15, -0.1) is 0 Å². The fourth-order valence-electron chi connectivity index (χ4n) is 1.91. The Morgan fingerprint density at radius 1 is 1.54 bits per heavy atom. The molecule has 2 nitrogen and oxygen atoms in total. The zero-order chi connectivity index (χ0) is 10.1. The molecule has 13 heavy (non-hydrogen) atoms. The minimum Gasteiger partial charge on any atom is -0.327 e. The molecule has 0 aromatic rings. The SMILES string of the molecule is CN1CCC(N)C(CC(C)(F)F)C1. The summed E-state index contributed by atoms with van der Waals surface area (Å²) in [6.07, 6.45) is 0.746. The van der Waals surface area contributed by atoms with Crippen LogP contribution in [0.2, 0.25) is 0 Å². The molecule has 2 N–H and O–H groups in total. The van der Waals surface area contributed by atoms with Crippen LogP contribution in [0.5, 0.6) is 0 Å². The van der Waals surface area contributed by atoms with Crippen molar-refractivity contribution in [2.45, 2.75) is 31.7 Å². The molecule has 4 heteroatoms. The van der Waals surface area contributed by atoms with E-state index in [1.165, 1.54) is 0 Å². The summed E-state index contributed by atoms with van der Waals surface area (Å²) in [6, 6.07) is -0.0537. The van der Waals surface area contributed by atoms with Gasteiger partial charge in [-0.1, -0.05) is 0 Å². The largest absolute Gasteiger partial charge is 0.327 e. The summed E-state index contributed by atoms with van der Waals surface area (Å²) in [4.78, 5) is 2.07. The van der Waals surface area contributed by atoms with E-state index in [2.05, 4.69) is 4.90 Å². The van der Waals surface area contributed by atoms with E-state index >= 15 is 0 Å². The lowest BCUT2D eigenvalue weighted by Gasteiger charge is -2.35. The van der Waals surface area contributed by atoms with Gasteiger partial charge in [0.25, 0.3) is 0 Å². The molecule has 78 valence electrons. The monoisotopic (exact) mass is 192 g/mol. The van der Waals surface area contributed by atoms with Crippen molar-refractivity contribution in [3.05, 3.63) is 0 Å². The number of alkyl halides is 2. The average molecular weight is 192 g/mol. The highest BCUT2D eigenvalue weighted by atomic mass is 19.3. The first-order valence-corrected chi connectivity index (χ1v) is 4.70. The maximum atomic E-state index is 12.7. The molecule has 0 spiro atoms. The fourth-order valence-corrected chi connectivity index (χ4v) is 1.91. The van der Waals surface area contributed by atoms with E-state index in [0.717, 1.165) is 19.9 Å².